The molecular formula is C19H34N4O3SSi. The van der Waals surface area contributed by atoms with E-state index in [1.165, 1.54) is 0 Å². The lowest BCUT2D eigenvalue weighted by Crippen LogP contribution is -2.42. The minimum atomic E-state index is -1.22. The van der Waals surface area contributed by atoms with E-state index in [0.717, 1.165) is 23.9 Å². The maximum Gasteiger partial charge on any atom is 0.177 e. The summed E-state index contributed by atoms with van der Waals surface area (Å²) in [7, 11) is 0.531. The zero-order valence-electron chi connectivity index (χ0n) is 18.1. The Kier molecular flexibility index (Phi) is 8.06. The van der Waals surface area contributed by atoms with E-state index in [9.17, 15) is 4.55 Å². The van der Waals surface area contributed by atoms with Gasteiger partial charge in [0.15, 0.2) is 5.65 Å². The minimum absolute atomic E-state index is 0.271. The van der Waals surface area contributed by atoms with Crippen LogP contribution in [0, 0.1) is 0 Å². The van der Waals surface area contributed by atoms with Crippen molar-refractivity contribution in [2.75, 3.05) is 20.3 Å². The number of hydrogen-bond donors (Lipinski definition) is 1. The molecule has 0 aliphatic heterocycles. The number of nitrogens with zero attached hydrogens (tertiary/aromatic N) is 3. The molecule has 2 aromatic heterocycles. The Hall–Kier alpha value is -0.973. The third kappa shape index (κ3) is 6.82. The molecule has 7 nitrogen and oxygen atoms in total. The van der Waals surface area contributed by atoms with Gasteiger partial charge in [0.1, 0.15) is 17.5 Å². The first-order valence-electron chi connectivity index (χ1n) is 9.58. The van der Waals surface area contributed by atoms with Crippen LogP contribution in [0.3, 0.4) is 0 Å². The number of fused-ring (bicyclic) bond motifs is 1. The van der Waals surface area contributed by atoms with Gasteiger partial charge < -0.3 is 18.6 Å². The van der Waals surface area contributed by atoms with Crippen LogP contribution >= 0.6 is 0 Å². The van der Waals surface area contributed by atoms with Gasteiger partial charge in [0, 0.05) is 33.2 Å². The third-order valence-electron chi connectivity index (χ3n) is 4.23. The predicted molar refractivity (Wildman–Crippen MR) is 117 cm³/mol. The third-order valence-corrected chi connectivity index (χ3v) is 7.54. The molecule has 0 unspecified atom stereocenters. The minimum Gasteiger partial charge on any atom is -0.598 e. The normalized spacial score (nSPS) is 15.1. The van der Waals surface area contributed by atoms with E-state index >= 15 is 0 Å². The lowest BCUT2D eigenvalue weighted by molar-refractivity contribution is 0.0898. The van der Waals surface area contributed by atoms with E-state index in [1.807, 2.05) is 37.5 Å². The molecule has 0 bridgehead atoms. The molecule has 2 aromatic rings. The van der Waals surface area contributed by atoms with Crippen LogP contribution in [-0.2, 0) is 27.6 Å². The van der Waals surface area contributed by atoms with Gasteiger partial charge in [-0.05, 0) is 38.9 Å². The van der Waals surface area contributed by atoms with E-state index in [0.29, 0.717) is 19.0 Å². The Morgan fingerprint density at radius 3 is 2.61 bits per heavy atom. The quantitative estimate of drug-likeness (QED) is 0.356. The molecule has 9 heteroatoms. The number of hydrogen-bond acceptors (Lipinski definition) is 6. The molecule has 0 fully saturated rings. The fraction of sp³-hybridized carbons (Fsp3) is 0.684. The van der Waals surface area contributed by atoms with Gasteiger partial charge in [-0.1, -0.05) is 19.6 Å². The van der Waals surface area contributed by atoms with Gasteiger partial charge in [0.05, 0.1) is 24.1 Å². The van der Waals surface area contributed by atoms with Gasteiger partial charge >= 0.3 is 0 Å². The summed E-state index contributed by atoms with van der Waals surface area (Å²) in [4.78, 5) is 9.07. The summed E-state index contributed by atoms with van der Waals surface area (Å²) >= 11 is -1.22. The van der Waals surface area contributed by atoms with Gasteiger partial charge in [0.2, 0.25) is 0 Å². The lowest BCUT2D eigenvalue weighted by Gasteiger charge is -2.27. The van der Waals surface area contributed by atoms with Crippen LogP contribution < -0.4 is 4.72 Å². The van der Waals surface area contributed by atoms with Crippen molar-refractivity contribution in [3.63, 3.8) is 0 Å². The second-order valence-electron chi connectivity index (χ2n) is 9.15. The Bertz CT molecular complexity index is 758. The highest BCUT2D eigenvalue weighted by Gasteiger charge is 2.30. The van der Waals surface area contributed by atoms with E-state index in [2.05, 4.69) is 34.3 Å². The Morgan fingerprint density at radius 1 is 1.29 bits per heavy atom. The van der Waals surface area contributed by atoms with Crippen molar-refractivity contribution in [3.8, 4) is 0 Å². The summed E-state index contributed by atoms with van der Waals surface area (Å²) in [6.07, 6.45) is 1.75. The van der Waals surface area contributed by atoms with Crippen molar-refractivity contribution in [1.82, 2.24) is 19.3 Å². The molecule has 0 saturated carbocycles. The number of rotatable bonds is 10. The monoisotopic (exact) mass is 426 g/mol. The smallest absolute Gasteiger partial charge is 0.177 e. The maximum atomic E-state index is 12.5. The highest BCUT2D eigenvalue weighted by Crippen LogP contribution is 2.21. The number of ether oxygens (including phenoxy) is 2. The van der Waals surface area contributed by atoms with Crippen LogP contribution in [0.2, 0.25) is 25.7 Å². The molecule has 0 aromatic carbocycles. The first-order valence-corrected chi connectivity index (χ1v) is 14.4. The number of methoxy groups -OCH3 is 1. The number of imidazole rings is 1. The molecule has 2 atom stereocenters. The largest absolute Gasteiger partial charge is 0.598 e. The first kappa shape index (κ1) is 23.3. The molecule has 0 aliphatic rings. The van der Waals surface area contributed by atoms with Gasteiger partial charge in [0.25, 0.3) is 0 Å². The molecule has 2 heterocycles. The number of pyridine rings is 1. The number of nitrogens with one attached hydrogen (secondary N) is 1. The van der Waals surface area contributed by atoms with Crippen LogP contribution in [0.1, 0.15) is 32.5 Å². The molecule has 0 saturated heterocycles. The number of aromatic nitrogens is 3. The summed E-state index contributed by atoms with van der Waals surface area (Å²) in [5.41, 5.74) is 2.33. The summed E-state index contributed by atoms with van der Waals surface area (Å²) in [6.45, 7) is 14.4. The standard InChI is InChI=1S/C19H34N4O3SSi/c1-19(2,3)27(24)22-16(12-25-4)15-8-9-17-18(21-15)20-13-23(17)14-26-10-11-28(5,6)7/h8-9,13,16,22H,10-12,14H2,1-7H3/t16-,27-/m1/s1. The SMILES string of the molecule is COC[C@@H](N[S@+]([O-])C(C)(C)C)c1ccc2c(ncn2COCC[Si](C)(C)C)n1. The van der Waals surface area contributed by atoms with Crippen LogP contribution in [0.4, 0.5) is 0 Å². The van der Waals surface area contributed by atoms with E-state index in [1.54, 1.807) is 13.4 Å². The van der Waals surface area contributed by atoms with Crippen molar-refractivity contribution >= 4 is 30.6 Å². The van der Waals surface area contributed by atoms with E-state index in [4.69, 9.17) is 9.47 Å². The van der Waals surface area contributed by atoms with Crippen LogP contribution in [0.25, 0.3) is 11.2 Å². The summed E-state index contributed by atoms with van der Waals surface area (Å²) in [5, 5.41) is 0. The average molecular weight is 427 g/mol. The van der Waals surface area contributed by atoms with Crippen molar-refractivity contribution < 1.29 is 14.0 Å². The molecular weight excluding hydrogens is 392 g/mol. The topological polar surface area (TPSA) is 84.3 Å². The Morgan fingerprint density at radius 2 is 2.00 bits per heavy atom. The van der Waals surface area contributed by atoms with Crippen molar-refractivity contribution in [2.24, 2.45) is 0 Å². The van der Waals surface area contributed by atoms with Crippen LogP contribution in [0.15, 0.2) is 18.5 Å². The molecule has 0 radical (unpaired) electrons. The van der Waals surface area contributed by atoms with Crippen LogP contribution in [-0.4, -0.2) is 52.2 Å². The Balaban J connectivity index is 2.10. The van der Waals surface area contributed by atoms with Crippen molar-refractivity contribution in [3.05, 3.63) is 24.2 Å². The highest BCUT2D eigenvalue weighted by atomic mass is 32.2. The van der Waals surface area contributed by atoms with Crippen molar-refractivity contribution in [2.45, 2.75) is 64.0 Å². The van der Waals surface area contributed by atoms with Gasteiger partial charge in [-0.3, -0.25) is 0 Å². The Labute approximate surface area is 172 Å². The summed E-state index contributed by atoms with van der Waals surface area (Å²) in [5.74, 6) is 0. The molecule has 2 rings (SSSR count). The predicted octanol–water partition coefficient (Wildman–Crippen LogP) is 3.48. The van der Waals surface area contributed by atoms with E-state index < -0.39 is 19.4 Å². The van der Waals surface area contributed by atoms with Crippen molar-refractivity contribution in [1.29, 1.82) is 0 Å². The average Bonchev–Trinajstić information content (AvgIpc) is 2.99. The highest BCUT2D eigenvalue weighted by molar-refractivity contribution is 7.90. The molecule has 28 heavy (non-hydrogen) atoms. The summed E-state index contributed by atoms with van der Waals surface area (Å²) in [6, 6.07) is 4.78. The van der Waals surface area contributed by atoms with Gasteiger partial charge in [-0.15, -0.1) is 4.72 Å². The van der Waals surface area contributed by atoms with Gasteiger partial charge in [-0.2, -0.15) is 0 Å². The summed E-state index contributed by atoms with van der Waals surface area (Å²) < 4.78 is 28.3. The molecule has 0 amide bonds. The molecule has 158 valence electrons. The first-order chi connectivity index (χ1) is 13.0. The molecule has 0 spiro atoms. The van der Waals surface area contributed by atoms with E-state index in [-0.39, 0.29) is 10.8 Å². The maximum absolute atomic E-state index is 12.5. The lowest BCUT2D eigenvalue weighted by atomic mass is 10.2. The zero-order chi connectivity index (χ0) is 20.9. The molecule has 1 N–H and O–H groups in total. The molecule has 0 aliphatic carbocycles. The second kappa shape index (κ2) is 9.68. The van der Waals surface area contributed by atoms with Crippen LogP contribution in [0.5, 0.6) is 0 Å². The fourth-order valence-corrected chi connectivity index (χ4v) is 4.01. The zero-order valence-corrected chi connectivity index (χ0v) is 19.9. The second-order valence-corrected chi connectivity index (χ2v) is 16.8. The fourth-order valence-electron chi connectivity index (χ4n) is 2.45. The van der Waals surface area contributed by atoms with Gasteiger partial charge in [-0.25, -0.2) is 9.97 Å².